The highest BCUT2D eigenvalue weighted by atomic mass is 35.5. The number of nitrogens with one attached hydrogen (secondary N) is 1. The third-order valence-electron chi connectivity index (χ3n) is 12.8. The van der Waals surface area contributed by atoms with Crippen molar-refractivity contribution in [2.24, 2.45) is 17.8 Å². The van der Waals surface area contributed by atoms with Crippen LogP contribution in [0.4, 0.5) is 4.39 Å². The number of hydrogen-bond acceptors (Lipinski definition) is 8. The Bertz CT molecular complexity index is 2470. The number of nitrogens with zero attached hydrogens (tertiary/aromatic N) is 7. The van der Waals surface area contributed by atoms with Crippen LogP contribution in [0.1, 0.15) is 85.2 Å². The lowest BCUT2D eigenvalue weighted by atomic mass is 9.79. The SMILES string of the molecule is COC(=O)C1CC1c1cn(C2CC(c3cc4c(C)nc5c(F)c(-c6cccc(Cl)c6Cl)c(CCC#N)cc5c4n3C3C4CNC3C4)N(C(=O)C3CC3)C2)nn1. The molecule has 2 bridgehead atoms. The highest BCUT2D eigenvalue weighted by Gasteiger charge is 2.52. The van der Waals surface area contributed by atoms with Gasteiger partial charge in [-0.15, -0.1) is 5.10 Å². The number of carbonyl (C=O) groups is 2. The van der Waals surface area contributed by atoms with Crippen LogP contribution in [0.15, 0.2) is 36.5 Å². The van der Waals surface area contributed by atoms with Crippen LogP contribution in [0.3, 0.4) is 0 Å². The van der Waals surface area contributed by atoms with Gasteiger partial charge in [-0.05, 0) is 75.1 Å². The van der Waals surface area contributed by atoms with Crippen molar-refractivity contribution in [2.75, 3.05) is 20.2 Å². The van der Waals surface area contributed by atoms with Gasteiger partial charge in [0.15, 0.2) is 5.82 Å². The van der Waals surface area contributed by atoms with E-state index in [-0.39, 0.29) is 70.8 Å². The van der Waals surface area contributed by atoms with Gasteiger partial charge < -0.3 is 19.5 Å². The van der Waals surface area contributed by atoms with Crippen molar-refractivity contribution >= 4 is 56.9 Å². The van der Waals surface area contributed by atoms with Gasteiger partial charge in [-0.3, -0.25) is 9.59 Å². The molecule has 7 unspecified atom stereocenters. The molecule has 1 N–H and O–H groups in total. The van der Waals surface area contributed by atoms with Crippen molar-refractivity contribution in [2.45, 2.75) is 82.0 Å². The van der Waals surface area contributed by atoms with Crippen LogP contribution >= 0.6 is 23.2 Å². The Morgan fingerprint density at radius 2 is 1.98 bits per heavy atom. The van der Waals surface area contributed by atoms with Crippen LogP contribution < -0.4 is 5.32 Å². The summed E-state index contributed by atoms with van der Waals surface area (Å²) in [6.07, 6.45) is 6.58. The second-order valence-electron chi connectivity index (χ2n) is 16.0. The predicted molar refractivity (Wildman–Crippen MR) is 204 cm³/mol. The number of nitriles is 1. The maximum atomic E-state index is 17.3. The van der Waals surface area contributed by atoms with Crippen LogP contribution in [0.5, 0.6) is 0 Å². The number of methoxy groups -OCH3 is 1. The lowest BCUT2D eigenvalue weighted by Gasteiger charge is -2.39. The number of hydrogen-bond donors (Lipinski definition) is 1. The van der Waals surface area contributed by atoms with E-state index in [1.54, 1.807) is 18.2 Å². The molecule has 3 saturated carbocycles. The van der Waals surface area contributed by atoms with Crippen molar-refractivity contribution in [1.29, 1.82) is 5.26 Å². The van der Waals surface area contributed by atoms with E-state index in [9.17, 15) is 14.9 Å². The second-order valence-corrected chi connectivity index (χ2v) is 16.8. The summed E-state index contributed by atoms with van der Waals surface area (Å²) in [5, 5.41) is 24.5. The molecule has 2 aromatic carbocycles. The maximum Gasteiger partial charge on any atom is 0.309 e. The molecule has 0 spiro atoms. The monoisotopic (exact) mass is 780 g/mol. The zero-order valence-electron chi connectivity index (χ0n) is 30.4. The Morgan fingerprint density at radius 3 is 2.71 bits per heavy atom. The first-order valence-corrected chi connectivity index (χ1v) is 19.9. The number of benzene rings is 2. The number of aryl methyl sites for hydroxylation is 2. The molecule has 0 radical (unpaired) electrons. The molecular weight excluding hydrogens is 742 g/mol. The topological polar surface area (TPSA) is 131 Å². The van der Waals surface area contributed by atoms with Crippen LogP contribution in [0.25, 0.3) is 32.9 Å². The van der Waals surface area contributed by atoms with Gasteiger partial charge >= 0.3 is 5.97 Å². The summed E-state index contributed by atoms with van der Waals surface area (Å²) in [5.41, 5.74) is 5.03. The first-order chi connectivity index (χ1) is 26.7. The van der Waals surface area contributed by atoms with Crippen molar-refractivity contribution in [3.05, 3.63) is 75.0 Å². The van der Waals surface area contributed by atoms with Gasteiger partial charge in [0.05, 0.1) is 58.5 Å². The lowest BCUT2D eigenvalue weighted by molar-refractivity contribution is -0.142. The molecule has 3 aliphatic carbocycles. The third-order valence-corrected chi connectivity index (χ3v) is 13.7. The summed E-state index contributed by atoms with van der Waals surface area (Å²) >= 11 is 13.1. The maximum absolute atomic E-state index is 17.3. The van der Waals surface area contributed by atoms with E-state index in [1.807, 2.05) is 28.8 Å². The van der Waals surface area contributed by atoms with Crippen LogP contribution in [-0.2, 0) is 20.7 Å². The number of fused-ring (bicyclic) bond motifs is 4. The van der Waals surface area contributed by atoms with E-state index >= 15 is 4.39 Å². The number of carbonyl (C=O) groups excluding carboxylic acids is 2. The number of ether oxygens (including phenoxy) is 1. The molecule has 282 valence electrons. The first kappa shape index (κ1) is 34.9. The summed E-state index contributed by atoms with van der Waals surface area (Å²) in [5.74, 6) is -0.382. The molecule has 14 heteroatoms. The molecule has 3 aromatic heterocycles. The Labute approximate surface area is 326 Å². The molecule has 6 fully saturated rings. The quantitative estimate of drug-likeness (QED) is 0.153. The lowest BCUT2D eigenvalue weighted by Crippen LogP contribution is -2.41. The predicted octanol–water partition coefficient (Wildman–Crippen LogP) is 7.39. The van der Waals surface area contributed by atoms with Crippen molar-refractivity contribution in [3.8, 4) is 17.2 Å². The smallest absolute Gasteiger partial charge is 0.309 e. The summed E-state index contributed by atoms with van der Waals surface area (Å²) in [6, 6.07) is 11.6. The number of likely N-dealkylation sites (tertiary alicyclic amines) is 1. The van der Waals surface area contributed by atoms with Gasteiger partial charge in [-0.1, -0.05) is 40.5 Å². The number of aromatic nitrogens is 5. The largest absolute Gasteiger partial charge is 0.469 e. The standard InChI is InChI=1S/C41H39Cl2FN8O3/c1-19-25-15-33(32-13-23(17-50(32)40(53)20-8-9-20)51-18-31(48-49-51)26-14-27(26)41(54)55-2)52(38-22-12-30(38)46-16-22)39(25)28-11-21(5-4-10-45)34(36(44)37(28)47-19)24-6-3-7-29(42)35(24)43/h3,6-7,11,15,18,20,22-23,26-27,30,32,38,46H,4-5,8-9,12-14,16-17H2,1-2H3. The minimum absolute atomic E-state index is 0.00987. The van der Waals surface area contributed by atoms with Crippen molar-refractivity contribution < 1.29 is 18.7 Å². The van der Waals surface area contributed by atoms with Gasteiger partial charge in [0.2, 0.25) is 5.91 Å². The molecular formula is C41H39Cl2FN8O3. The Morgan fingerprint density at radius 1 is 1.15 bits per heavy atom. The van der Waals surface area contributed by atoms with Crippen molar-refractivity contribution in [3.63, 3.8) is 0 Å². The summed E-state index contributed by atoms with van der Waals surface area (Å²) in [4.78, 5) is 33.3. The number of halogens is 3. The molecule has 11 rings (SSSR count). The van der Waals surface area contributed by atoms with E-state index in [0.717, 1.165) is 48.1 Å². The fraction of sp³-hybridized carbons (Fsp3) is 0.463. The average Bonchev–Trinajstić information content (AvgIpc) is 3.79. The van der Waals surface area contributed by atoms with Crippen LogP contribution in [0.2, 0.25) is 10.0 Å². The highest BCUT2D eigenvalue weighted by molar-refractivity contribution is 6.43. The van der Waals surface area contributed by atoms with E-state index in [0.29, 0.717) is 64.5 Å². The minimum Gasteiger partial charge on any atom is -0.469 e. The molecule has 7 atom stereocenters. The Kier molecular flexibility index (Phi) is 8.25. The fourth-order valence-corrected chi connectivity index (χ4v) is 10.2. The van der Waals surface area contributed by atoms with Gasteiger partial charge in [0.25, 0.3) is 0 Å². The number of amides is 1. The van der Waals surface area contributed by atoms with E-state index in [4.69, 9.17) is 32.9 Å². The molecule has 11 nitrogen and oxygen atoms in total. The molecule has 5 aromatic rings. The van der Waals surface area contributed by atoms with Gasteiger partial charge in [0.1, 0.15) is 5.52 Å². The molecule has 1 amide bonds. The molecule has 3 saturated heterocycles. The van der Waals surface area contributed by atoms with Crippen molar-refractivity contribution in [1.82, 2.24) is 34.8 Å². The number of esters is 1. The second kappa shape index (κ2) is 13.0. The zero-order valence-corrected chi connectivity index (χ0v) is 31.9. The van der Waals surface area contributed by atoms with E-state index in [1.165, 1.54) is 7.11 Å². The molecule has 6 heterocycles. The highest BCUT2D eigenvalue weighted by Crippen LogP contribution is 2.52. The minimum atomic E-state index is -0.498. The summed E-state index contributed by atoms with van der Waals surface area (Å²) in [7, 11) is 1.40. The average molecular weight is 782 g/mol. The Balaban J connectivity index is 1.14. The Hall–Kier alpha value is -4.57. The van der Waals surface area contributed by atoms with Crippen LogP contribution in [0, 0.1) is 41.8 Å². The third kappa shape index (κ3) is 5.48. The van der Waals surface area contributed by atoms with Crippen LogP contribution in [-0.4, -0.2) is 67.6 Å². The van der Waals surface area contributed by atoms with E-state index < -0.39 is 5.82 Å². The summed E-state index contributed by atoms with van der Waals surface area (Å²) in [6.45, 7) is 3.29. The molecule has 55 heavy (non-hydrogen) atoms. The first-order valence-electron chi connectivity index (χ1n) is 19.2. The number of pyridine rings is 1. The van der Waals surface area contributed by atoms with Gasteiger partial charge in [-0.2, -0.15) is 5.26 Å². The summed E-state index contributed by atoms with van der Waals surface area (Å²) < 4.78 is 26.5. The number of rotatable bonds is 9. The van der Waals surface area contributed by atoms with Gasteiger partial charge in [-0.25, -0.2) is 14.1 Å². The zero-order chi connectivity index (χ0) is 37.9. The molecule has 3 aliphatic heterocycles. The van der Waals surface area contributed by atoms with E-state index in [2.05, 4.69) is 32.3 Å². The molecule has 6 aliphatic rings. The van der Waals surface area contributed by atoms with Gasteiger partial charge in [0, 0.05) is 76.9 Å². The normalized spacial score (nSPS) is 26.8. The fourth-order valence-electron chi connectivity index (χ4n) is 9.77.